The number of halogens is 1. The summed E-state index contributed by atoms with van der Waals surface area (Å²) in [5.74, 6) is 1.03. The van der Waals surface area contributed by atoms with Crippen molar-refractivity contribution in [3.63, 3.8) is 0 Å². The van der Waals surface area contributed by atoms with Crippen LogP contribution in [0.5, 0.6) is 0 Å². The van der Waals surface area contributed by atoms with Crippen molar-refractivity contribution in [1.82, 2.24) is 0 Å². The summed E-state index contributed by atoms with van der Waals surface area (Å²) in [4.78, 5) is 8.87. The third kappa shape index (κ3) is 17.4. The van der Waals surface area contributed by atoms with Crippen molar-refractivity contribution in [3.8, 4) is 0 Å². The van der Waals surface area contributed by atoms with Crippen molar-refractivity contribution in [2.75, 3.05) is 11.5 Å². The molecule has 14 heteroatoms. The van der Waals surface area contributed by atoms with Gasteiger partial charge in [0.2, 0.25) is 0 Å². The van der Waals surface area contributed by atoms with Gasteiger partial charge in [-0.2, -0.15) is 0 Å². The predicted molar refractivity (Wildman–Crippen MR) is 144 cm³/mol. The van der Waals surface area contributed by atoms with Gasteiger partial charge in [-0.05, 0) is 90.7 Å². The van der Waals surface area contributed by atoms with Crippen LogP contribution >= 0.6 is 24.2 Å². The molecule has 2 aliphatic carbocycles. The first kappa shape index (κ1) is 41.5. The molecule has 0 radical (unpaired) electrons. The molecule has 184 valence electrons. The van der Waals surface area contributed by atoms with Crippen molar-refractivity contribution in [2.24, 2.45) is 0 Å². The van der Waals surface area contributed by atoms with Crippen molar-refractivity contribution >= 4 is 106 Å². The predicted octanol–water partition coefficient (Wildman–Crippen LogP) is -0.427. The summed E-state index contributed by atoms with van der Waals surface area (Å²) < 4.78 is 12.4. The molecule has 4 rings (SSSR count). The first-order chi connectivity index (χ1) is 16.4. The standard InChI is InChI=1S/C11H15N.C8H10BrN.C3H7BO2.3K.HO4P/c1-7-3-6-10(9-4-5-9)8(2)11(7)12;1-5-3-4-7(9)6(2)8(5)10;5-4(6)3-1-2-3;;;;1-4-5(2)3/h3,6,9H,4-5,12H2,1-2H3;3-4H,10H2,1-2H3;3,5-6H,1-2H2;;;;1H/q;;;;;+1;/p-1. The zero-order valence-corrected chi connectivity index (χ0v) is 34.2. The third-order valence-electron chi connectivity index (χ3n) is 5.56. The van der Waals surface area contributed by atoms with Crippen LogP contribution in [-0.4, -0.2) is 80.3 Å². The van der Waals surface area contributed by atoms with Crippen LogP contribution in [0.1, 0.15) is 59.4 Å². The van der Waals surface area contributed by atoms with Crippen molar-refractivity contribution < 1.29 is 80.8 Å². The molecular formula is C22H32BBrK3N2O6P. The summed E-state index contributed by atoms with van der Waals surface area (Å²) in [5.41, 5.74) is 19.8. The van der Waals surface area contributed by atoms with E-state index in [0.717, 1.165) is 45.7 Å². The number of anilines is 2. The fraction of sp³-hybridized carbons (Fsp3) is 0.455. The number of hydrogen-bond acceptors (Lipinski definition) is 8. The number of hydrogen-bond donors (Lipinski definition) is 4. The molecule has 2 aromatic carbocycles. The van der Waals surface area contributed by atoms with Crippen molar-refractivity contribution in [1.29, 1.82) is 0 Å². The molecule has 0 aliphatic heterocycles. The van der Waals surface area contributed by atoms with E-state index in [1.807, 2.05) is 26.0 Å². The minimum absolute atomic E-state index is 0. The zero-order chi connectivity index (χ0) is 27.3. The number of nitrogens with two attached hydrogens (primary N) is 2. The second kappa shape index (κ2) is 22.9. The van der Waals surface area contributed by atoms with Gasteiger partial charge in [0.1, 0.15) is 0 Å². The molecule has 36 heavy (non-hydrogen) atoms. The maximum absolute atomic E-state index is 8.87. The van der Waals surface area contributed by atoms with E-state index in [2.05, 4.69) is 46.6 Å². The molecule has 0 saturated heterocycles. The fourth-order valence-electron chi connectivity index (χ4n) is 2.95. The Labute approximate surface area is 312 Å². The third-order valence-corrected chi connectivity index (χ3v) is 6.54. The Morgan fingerprint density at radius 1 is 0.972 bits per heavy atom. The Bertz CT molecular complexity index is 927. The summed E-state index contributed by atoms with van der Waals surface area (Å²) in [6.07, 6.45) is 4.70. The van der Waals surface area contributed by atoms with Crippen LogP contribution in [0.25, 0.3) is 0 Å². The fourth-order valence-corrected chi connectivity index (χ4v) is 3.29. The van der Waals surface area contributed by atoms with Crippen molar-refractivity contribution in [2.45, 2.75) is 65.1 Å². The first-order valence-corrected chi connectivity index (χ1v) is 29.5. The number of benzene rings is 2. The second-order valence-electron chi connectivity index (χ2n) is 8.24. The minimum atomic E-state index is -3.15. The van der Waals surface area contributed by atoms with Gasteiger partial charge in [0, 0.05) is 15.8 Å². The van der Waals surface area contributed by atoms with Crippen LogP contribution in [0.3, 0.4) is 0 Å². The van der Waals surface area contributed by atoms with Gasteiger partial charge >= 0.3 is 130 Å². The van der Waals surface area contributed by atoms with E-state index < -0.39 is 15.4 Å². The van der Waals surface area contributed by atoms with E-state index in [1.165, 1.54) is 92.7 Å². The maximum atomic E-state index is 8.87. The molecule has 2 aliphatic rings. The van der Waals surface area contributed by atoms with E-state index in [-0.39, 0.29) is 57.2 Å². The number of aryl methyl sites for hydroxylation is 2. The molecule has 2 fully saturated rings. The van der Waals surface area contributed by atoms with E-state index in [4.69, 9.17) is 36.2 Å². The Hall–Kier alpha value is 3.39. The Morgan fingerprint density at radius 3 is 1.69 bits per heavy atom. The first-order valence-electron chi connectivity index (χ1n) is 11.6. The van der Waals surface area contributed by atoms with Crippen LogP contribution in [0.4, 0.5) is 11.4 Å². The summed E-state index contributed by atoms with van der Waals surface area (Å²) in [7, 11) is -4.19. The Morgan fingerprint density at radius 2 is 1.39 bits per heavy atom. The monoisotopic (exact) mass is 658 g/mol. The number of rotatable bonds is 3. The van der Waals surface area contributed by atoms with Gasteiger partial charge < -0.3 is 31.7 Å². The van der Waals surface area contributed by atoms with Crippen LogP contribution in [0, 0.1) is 27.7 Å². The topological polar surface area (TPSA) is 165 Å². The molecule has 0 aromatic heterocycles. The van der Waals surface area contributed by atoms with E-state index in [0.29, 0.717) is 0 Å². The van der Waals surface area contributed by atoms with Gasteiger partial charge in [-0.3, -0.25) is 0 Å². The molecular weight excluding hydrogens is 627 g/mol. The van der Waals surface area contributed by atoms with Gasteiger partial charge in [0.15, 0.2) is 0 Å². The molecule has 1 unspecified atom stereocenters. The molecule has 2 aromatic rings. The van der Waals surface area contributed by atoms with E-state index in [1.54, 1.807) is 0 Å². The quantitative estimate of drug-likeness (QED) is 0.113. The molecule has 0 bridgehead atoms. The van der Waals surface area contributed by atoms with Crippen LogP contribution in [0.2, 0.25) is 5.82 Å². The second-order valence-corrected chi connectivity index (χ2v) is 9.69. The molecule has 0 amide bonds. The number of nitrogen functional groups attached to an aromatic ring is 2. The van der Waals surface area contributed by atoms with Gasteiger partial charge in [-0.1, -0.05) is 47.0 Å². The van der Waals surface area contributed by atoms with Gasteiger partial charge in [0.05, 0.1) is 0 Å². The Kier molecular flexibility index (Phi) is 26.4. The molecule has 0 heterocycles. The van der Waals surface area contributed by atoms with Crippen LogP contribution < -0.4 is 73.0 Å². The van der Waals surface area contributed by atoms with Gasteiger partial charge in [-0.25, -0.2) is 4.67 Å². The van der Waals surface area contributed by atoms with Crippen molar-refractivity contribution in [3.05, 3.63) is 56.6 Å². The average molecular weight is 659 g/mol. The van der Waals surface area contributed by atoms with Gasteiger partial charge in [0.25, 0.3) is 0 Å². The van der Waals surface area contributed by atoms with E-state index >= 15 is 0 Å². The van der Waals surface area contributed by atoms with Crippen LogP contribution in [0.15, 0.2) is 28.7 Å². The molecule has 1 atom stereocenters. The van der Waals surface area contributed by atoms with E-state index in [9.17, 15) is 0 Å². The summed E-state index contributed by atoms with van der Waals surface area (Å²) in [5, 5.41) is 25.0. The summed E-state index contributed by atoms with van der Waals surface area (Å²) >= 11 is 5.90. The Balaban J connectivity index is 0. The molecule has 8 nitrogen and oxygen atoms in total. The summed E-state index contributed by atoms with van der Waals surface area (Å²) in [6.45, 7) is 8.22. The van der Waals surface area contributed by atoms with Gasteiger partial charge in [-0.15, -0.1) is 0 Å². The zero-order valence-electron chi connectivity index (χ0n) is 22.4. The molecule has 2 saturated carbocycles. The normalized spacial score (nSPS) is 13.5. The molecule has 0 spiro atoms. The van der Waals surface area contributed by atoms with Crippen LogP contribution in [-0.2, 0) is 9.24 Å². The average Bonchev–Trinajstić information content (AvgIpc) is 3.73. The molecule has 6 N–H and O–H groups in total. The summed E-state index contributed by atoms with van der Waals surface area (Å²) in [6, 6.07) is 8.39. The SMILES string of the molecule is Cc1ccc(Br)c(C)c1N.Cc1ccc(C2CC2)c(C)c1N.O=[P+]([O-])O[O-].OB(O)C1CC1.[K+].[K][K].